The number of nitrogens with one attached hydrogen (secondary N) is 1. The van der Waals surface area contributed by atoms with Crippen molar-refractivity contribution in [2.75, 3.05) is 13.2 Å². The van der Waals surface area contributed by atoms with Crippen LogP contribution in [-0.2, 0) is 35.5 Å². The summed E-state index contributed by atoms with van der Waals surface area (Å²) in [5.74, 6) is -0.204. The van der Waals surface area contributed by atoms with Gasteiger partial charge in [-0.3, -0.25) is 9.35 Å². The molecule has 1 fully saturated rings. The lowest BCUT2D eigenvalue weighted by Crippen LogP contribution is -2.53. The van der Waals surface area contributed by atoms with E-state index in [-0.39, 0.29) is 31.3 Å². The Morgan fingerprint density at radius 2 is 2.08 bits per heavy atom. The Balaban J connectivity index is 1.95. The summed E-state index contributed by atoms with van der Waals surface area (Å²) in [7, 11) is -4.52. The van der Waals surface area contributed by atoms with Crippen molar-refractivity contribution in [1.29, 1.82) is 0 Å². The largest absolute Gasteiger partial charge is 0.397 e. The van der Waals surface area contributed by atoms with E-state index >= 15 is 0 Å². The molecule has 9 heteroatoms. The van der Waals surface area contributed by atoms with E-state index < -0.39 is 16.5 Å². The molecule has 2 unspecified atom stereocenters. The normalized spacial score (nSPS) is 24.5. The Hall–Kier alpha value is -1.52. The van der Waals surface area contributed by atoms with Gasteiger partial charge in [0.15, 0.2) is 0 Å². The van der Waals surface area contributed by atoms with E-state index in [0.717, 1.165) is 5.56 Å². The molecule has 134 valence electrons. The second kappa shape index (κ2) is 8.54. The second-order valence-electron chi connectivity index (χ2n) is 5.55. The van der Waals surface area contributed by atoms with Crippen LogP contribution in [0.3, 0.4) is 0 Å². The highest BCUT2D eigenvalue weighted by atomic mass is 32.3. The summed E-state index contributed by atoms with van der Waals surface area (Å²) in [5.41, 5.74) is 0.983. The zero-order valence-electron chi connectivity index (χ0n) is 13.3. The fourth-order valence-corrected chi connectivity index (χ4v) is 2.80. The zero-order chi connectivity index (χ0) is 17.6. The predicted molar refractivity (Wildman–Crippen MR) is 84.5 cm³/mol. The van der Waals surface area contributed by atoms with Crippen LogP contribution in [0.15, 0.2) is 30.3 Å². The minimum absolute atomic E-state index is 0.165. The molecule has 1 saturated heterocycles. The van der Waals surface area contributed by atoms with Gasteiger partial charge in [0, 0.05) is 13.3 Å². The summed E-state index contributed by atoms with van der Waals surface area (Å²) in [6.07, 6.45) is -0.594. The lowest BCUT2D eigenvalue weighted by atomic mass is 10.0. The predicted octanol–water partition coefficient (Wildman–Crippen LogP) is 0.685. The topological polar surface area (TPSA) is 111 Å². The SMILES string of the molecule is CC(=O)NC1COC(COS(=O)(=O)O)C[C@@H]1OCc1ccccc1. The van der Waals surface area contributed by atoms with Gasteiger partial charge in [0.25, 0.3) is 0 Å². The van der Waals surface area contributed by atoms with Crippen molar-refractivity contribution >= 4 is 16.3 Å². The Kier molecular flexibility index (Phi) is 6.69. The van der Waals surface area contributed by atoms with Gasteiger partial charge in [0.05, 0.1) is 38.1 Å². The van der Waals surface area contributed by atoms with E-state index in [2.05, 4.69) is 9.50 Å². The summed E-state index contributed by atoms with van der Waals surface area (Å²) in [6, 6.07) is 9.21. The maximum Gasteiger partial charge on any atom is 0.397 e. The number of ether oxygens (including phenoxy) is 2. The van der Waals surface area contributed by atoms with Gasteiger partial charge >= 0.3 is 10.4 Å². The van der Waals surface area contributed by atoms with Gasteiger partial charge in [-0.1, -0.05) is 30.3 Å². The summed E-state index contributed by atoms with van der Waals surface area (Å²) < 4.78 is 45.7. The quantitative estimate of drug-likeness (QED) is 0.689. The molecular formula is C15H21NO7S. The van der Waals surface area contributed by atoms with Crippen LogP contribution in [0.5, 0.6) is 0 Å². The second-order valence-corrected chi connectivity index (χ2v) is 6.64. The summed E-state index contributed by atoms with van der Waals surface area (Å²) in [4.78, 5) is 11.3. The highest BCUT2D eigenvalue weighted by molar-refractivity contribution is 7.80. The maximum absolute atomic E-state index is 11.3. The third kappa shape index (κ3) is 6.54. The molecule has 8 nitrogen and oxygen atoms in total. The summed E-state index contributed by atoms with van der Waals surface area (Å²) >= 11 is 0. The van der Waals surface area contributed by atoms with Gasteiger partial charge in [0.1, 0.15) is 0 Å². The van der Waals surface area contributed by atoms with E-state index in [1.54, 1.807) is 0 Å². The maximum atomic E-state index is 11.3. The van der Waals surface area contributed by atoms with Crippen molar-refractivity contribution < 1.29 is 31.4 Å². The Bertz CT molecular complexity index is 634. The van der Waals surface area contributed by atoms with Crippen LogP contribution in [0.2, 0.25) is 0 Å². The third-order valence-electron chi connectivity index (χ3n) is 3.55. The molecule has 3 atom stereocenters. The van der Waals surface area contributed by atoms with Gasteiger partial charge in [0.2, 0.25) is 5.91 Å². The monoisotopic (exact) mass is 359 g/mol. The molecular weight excluding hydrogens is 338 g/mol. The van der Waals surface area contributed by atoms with E-state index in [9.17, 15) is 13.2 Å². The number of benzene rings is 1. The van der Waals surface area contributed by atoms with Crippen molar-refractivity contribution in [3.63, 3.8) is 0 Å². The van der Waals surface area contributed by atoms with Crippen LogP contribution in [0, 0.1) is 0 Å². The first kappa shape index (κ1) is 18.8. The van der Waals surface area contributed by atoms with Crippen LogP contribution in [-0.4, -0.2) is 50.3 Å². The Morgan fingerprint density at radius 3 is 2.71 bits per heavy atom. The molecule has 0 spiro atoms. The fourth-order valence-electron chi connectivity index (χ4n) is 2.47. The highest BCUT2D eigenvalue weighted by Crippen LogP contribution is 2.20. The van der Waals surface area contributed by atoms with Crippen LogP contribution in [0.1, 0.15) is 18.9 Å². The molecule has 1 aromatic carbocycles. The van der Waals surface area contributed by atoms with Crippen LogP contribution in [0.25, 0.3) is 0 Å². The van der Waals surface area contributed by atoms with Crippen molar-refractivity contribution in [3.05, 3.63) is 35.9 Å². The average Bonchev–Trinajstić information content (AvgIpc) is 2.52. The molecule has 2 rings (SSSR count). The first-order valence-corrected chi connectivity index (χ1v) is 8.86. The number of hydrogen-bond donors (Lipinski definition) is 2. The molecule has 0 bridgehead atoms. The molecule has 0 radical (unpaired) electrons. The minimum Gasteiger partial charge on any atom is -0.373 e. The van der Waals surface area contributed by atoms with Crippen molar-refractivity contribution in [2.24, 2.45) is 0 Å². The number of carbonyl (C=O) groups is 1. The number of rotatable bonds is 7. The van der Waals surface area contributed by atoms with Crippen LogP contribution < -0.4 is 5.32 Å². The summed E-state index contributed by atoms with van der Waals surface area (Å²) in [5, 5.41) is 2.76. The molecule has 0 aliphatic carbocycles. The fraction of sp³-hybridized carbons (Fsp3) is 0.533. The molecule has 2 N–H and O–H groups in total. The standard InChI is InChI=1S/C15H21NO7S/c1-11(17)16-14-10-21-13(9-23-24(18,19)20)7-15(14)22-8-12-5-3-2-4-6-12/h2-6,13-15H,7-10H2,1H3,(H,16,17)(H,18,19,20)/t13?,14?,15-/m0/s1. The highest BCUT2D eigenvalue weighted by Gasteiger charge is 2.33. The van der Waals surface area contributed by atoms with Gasteiger partial charge in [-0.25, -0.2) is 4.18 Å². The van der Waals surface area contributed by atoms with E-state index in [0.29, 0.717) is 13.0 Å². The lowest BCUT2D eigenvalue weighted by molar-refractivity contribution is -0.131. The number of carbonyl (C=O) groups excluding carboxylic acids is 1. The molecule has 1 aliphatic heterocycles. The van der Waals surface area contributed by atoms with E-state index in [4.69, 9.17) is 14.0 Å². The molecule has 0 saturated carbocycles. The lowest BCUT2D eigenvalue weighted by Gasteiger charge is -2.36. The van der Waals surface area contributed by atoms with Gasteiger partial charge in [-0.05, 0) is 5.56 Å². The Labute approximate surface area is 141 Å². The van der Waals surface area contributed by atoms with Crippen molar-refractivity contribution in [1.82, 2.24) is 5.32 Å². The average molecular weight is 359 g/mol. The van der Waals surface area contributed by atoms with Crippen LogP contribution in [0.4, 0.5) is 0 Å². The van der Waals surface area contributed by atoms with Crippen molar-refractivity contribution in [3.8, 4) is 0 Å². The van der Waals surface area contributed by atoms with E-state index in [1.165, 1.54) is 6.92 Å². The number of hydrogen-bond acceptors (Lipinski definition) is 6. The summed E-state index contributed by atoms with van der Waals surface area (Å²) in [6.45, 7) is 1.62. The Morgan fingerprint density at radius 1 is 1.38 bits per heavy atom. The van der Waals surface area contributed by atoms with Crippen LogP contribution >= 0.6 is 0 Å². The van der Waals surface area contributed by atoms with Crippen molar-refractivity contribution in [2.45, 2.75) is 38.2 Å². The first-order valence-electron chi connectivity index (χ1n) is 7.49. The molecule has 24 heavy (non-hydrogen) atoms. The minimum atomic E-state index is -4.52. The van der Waals surface area contributed by atoms with Gasteiger partial charge in [-0.2, -0.15) is 8.42 Å². The molecule has 1 amide bonds. The third-order valence-corrected chi connectivity index (χ3v) is 3.99. The zero-order valence-corrected chi connectivity index (χ0v) is 14.1. The van der Waals surface area contributed by atoms with E-state index in [1.807, 2.05) is 30.3 Å². The number of amides is 1. The first-order chi connectivity index (χ1) is 11.3. The van der Waals surface area contributed by atoms with Gasteiger partial charge < -0.3 is 14.8 Å². The molecule has 0 aromatic heterocycles. The molecule has 1 heterocycles. The molecule has 1 aromatic rings. The smallest absolute Gasteiger partial charge is 0.373 e. The molecule has 1 aliphatic rings. The van der Waals surface area contributed by atoms with Gasteiger partial charge in [-0.15, -0.1) is 0 Å².